The predicted octanol–water partition coefficient (Wildman–Crippen LogP) is 2.55. The number of aromatic nitrogens is 3. The van der Waals surface area contributed by atoms with Crippen molar-refractivity contribution in [3.63, 3.8) is 0 Å². The first-order valence-electron chi connectivity index (χ1n) is 6.76. The van der Waals surface area contributed by atoms with Gasteiger partial charge in [-0.25, -0.2) is 4.68 Å². The molecule has 0 aliphatic carbocycles. The highest BCUT2D eigenvalue weighted by Crippen LogP contribution is 2.21. The molecular weight excluding hydrogens is 254 g/mol. The minimum atomic E-state index is -0.127. The Morgan fingerprint density at radius 3 is 2.70 bits per heavy atom. The molecule has 0 aliphatic rings. The molecule has 1 aromatic carbocycles. The Kier molecular flexibility index (Phi) is 4.39. The van der Waals surface area contributed by atoms with Crippen LogP contribution in [0.5, 0.6) is 5.75 Å². The van der Waals surface area contributed by atoms with Gasteiger partial charge < -0.3 is 9.84 Å². The lowest BCUT2D eigenvalue weighted by Crippen LogP contribution is -2.11. The van der Waals surface area contributed by atoms with E-state index >= 15 is 0 Å². The molecule has 0 unspecified atom stereocenters. The van der Waals surface area contributed by atoms with Crippen LogP contribution in [0.25, 0.3) is 0 Å². The molecule has 0 atom stereocenters. The number of benzene rings is 1. The molecule has 0 aliphatic heterocycles. The molecule has 0 saturated carbocycles. The van der Waals surface area contributed by atoms with Crippen molar-refractivity contribution in [3.8, 4) is 5.75 Å². The molecule has 0 saturated heterocycles. The molecular formula is C15H21N3O2. The van der Waals surface area contributed by atoms with E-state index in [-0.39, 0.29) is 12.6 Å². The van der Waals surface area contributed by atoms with Crippen LogP contribution in [0.4, 0.5) is 0 Å². The van der Waals surface area contributed by atoms with Crippen molar-refractivity contribution in [2.45, 2.75) is 47.0 Å². The summed E-state index contributed by atoms with van der Waals surface area (Å²) in [7, 11) is 0. The molecule has 0 spiro atoms. The largest absolute Gasteiger partial charge is 0.487 e. The number of rotatable bonds is 5. The summed E-state index contributed by atoms with van der Waals surface area (Å²) in [5.74, 6) is 0.852. The standard InChI is InChI=1S/C15H21N3O2/c1-10(2)18-14(13(8-19)16-17-18)9-20-15-7-11(3)5-6-12(15)4/h5-7,10,19H,8-9H2,1-4H3. The molecule has 0 bridgehead atoms. The van der Waals surface area contributed by atoms with Gasteiger partial charge in [0.05, 0.1) is 6.61 Å². The topological polar surface area (TPSA) is 60.2 Å². The van der Waals surface area contributed by atoms with Crippen LogP contribution in [-0.2, 0) is 13.2 Å². The summed E-state index contributed by atoms with van der Waals surface area (Å²) in [4.78, 5) is 0. The molecule has 108 valence electrons. The summed E-state index contributed by atoms with van der Waals surface area (Å²) in [5, 5.41) is 17.4. The van der Waals surface area contributed by atoms with Gasteiger partial charge in [0.1, 0.15) is 23.7 Å². The highest BCUT2D eigenvalue weighted by Gasteiger charge is 2.15. The van der Waals surface area contributed by atoms with Gasteiger partial charge in [0.15, 0.2) is 0 Å². The van der Waals surface area contributed by atoms with Gasteiger partial charge >= 0.3 is 0 Å². The third kappa shape index (κ3) is 2.99. The highest BCUT2D eigenvalue weighted by molar-refractivity contribution is 5.36. The number of nitrogens with zero attached hydrogens (tertiary/aromatic N) is 3. The monoisotopic (exact) mass is 275 g/mol. The normalized spacial score (nSPS) is 11.1. The molecule has 0 radical (unpaired) electrons. The Labute approximate surface area is 119 Å². The van der Waals surface area contributed by atoms with E-state index in [9.17, 15) is 5.11 Å². The SMILES string of the molecule is Cc1ccc(C)c(OCc2c(CO)nnn2C(C)C)c1. The number of hydrogen-bond acceptors (Lipinski definition) is 4. The first-order valence-corrected chi connectivity index (χ1v) is 6.76. The van der Waals surface area contributed by atoms with Gasteiger partial charge in [-0.15, -0.1) is 5.10 Å². The Bertz CT molecular complexity index is 591. The second kappa shape index (κ2) is 6.05. The summed E-state index contributed by atoms with van der Waals surface area (Å²) < 4.78 is 7.67. The van der Waals surface area contributed by atoms with Gasteiger partial charge in [0.2, 0.25) is 0 Å². The molecule has 20 heavy (non-hydrogen) atoms. The van der Waals surface area contributed by atoms with Crippen LogP contribution >= 0.6 is 0 Å². The number of aliphatic hydroxyl groups excluding tert-OH is 1. The molecule has 0 amide bonds. The van der Waals surface area contributed by atoms with Crippen LogP contribution in [0.2, 0.25) is 0 Å². The third-order valence-electron chi connectivity index (χ3n) is 3.22. The van der Waals surface area contributed by atoms with Gasteiger partial charge in [-0.1, -0.05) is 17.3 Å². The van der Waals surface area contributed by atoms with E-state index in [1.54, 1.807) is 4.68 Å². The van der Waals surface area contributed by atoms with Gasteiger partial charge in [-0.2, -0.15) is 0 Å². The average Bonchev–Trinajstić information content (AvgIpc) is 2.82. The smallest absolute Gasteiger partial charge is 0.132 e. The van der Waals surface area contributed by atoms with Gasteiger partial charge in [-0.3, -0.25) is 0 Å². The van der Waals surface area contributed by atoms with Crippen LogP contribution in [0, 0.1) is 13.8 Å². The first kappa shape index (κ1) is 14.5. The molecule has 1 heterocycles. The van der Waals surface area contributed by atoms with E-state index in [1.807, 2.05) is 39.8 Å². The number of aryl methyl sites for hydroxylation is 2. The summed E-state index contributed by atoms with van der Waals surface area (Å²) in [6, 6.07) is 6.29. The number of aliphatic hydroxyl groups is 1. The number of hydrogen-bond donors (Lipinski definition) is 1. The Balaban J connectivity index is 2.22. The summed E-state index contributed by atoms with van der Waals surface area (Å²) in [6.45, 7) is 8.32. The zero-order valence-corrected chi connectivity index (χ0v) is 12.4. The van der Waals surface area contributed by atoms with Crippen molar-refractivity contribution in [1.29, 1.82) is 0 Å². The quantitative estimate of drug-likeness (QED) is 0.911. The molecule has 0 fully saturated rings. The summed E-state index contributed by atoms with van der Waals surface area (Å²) in [5.41, 5.74) is 3.64. The summed E-state index contributed by atoms with van der Waals surface area (Å²) >= 11 is 0. The van der Waals surface area contributed by atoms with E-state index in [0.717, 1.165) is 22.6 Å². The Hall–Kier alpha value is -1.88. The third-order valence-corrected chi connectivity index (χ3v) is 3.22. The van der Waals surface area contributed by atoms with Gasteiger partial charge in [-0.05, 0) is 44.9 Å². The lowest BCUT2D eigenvalue weighted by atomic mass is 10.1. The molecule has 1 aromatic heterocycles. The van der Waals surface area contributed by atoms with Crippen LogP contribution < -0.4 is 4.74 Å². The van der Waals surface area contributed by atoms with Crippen molar-refractivity contribution < 1.29 is 9.84 Å². The van der Waals surface area contributed by atoms with Gasteiger partial charge in [0.25, 0.3) is 0 Å². The van der Waals surface area contributed by atoms with Crippen molar-refractivity contribution >= 4 is 0 Å². The lowest BCUT2D eigenvalue weighted by molar-refractivity contribution is 0.259. The lowest BCUT2D eigenvalue weighted by Gasteiger charge is -2.13. The fourth-order valence-electron chi connectivity index (χ4n) is 2.04. The summed E-state index contributed by atoms with van der Waals surface area (Å²) in [6.07, 6.45) is 0. The second-order valence-electron chi connectivity index (χ2n) is 5.24. The fraction of sp³-hybridized carbons (Fsp3) is 0.467. The minimum absolute atomic E-state index is 0.127. The molecule has 2 rings (SSSR count). The van der Waals surface area contributed by atoms with Crippen LogP contribution in [0.3, 0.4) is 0 Å². The maximum atomic E-state index is 9.34. The first-order chi connectivity index (χ1) is 9.52. The van der Waals surface area contributed by atoms with E-state index in [1.165, 1.54) is 0 Å². The maximum absolute atomic E-state index is 9.34. The van der Waals surface area contributed by atoms with E-state index < -0.39 is 0 Å². The molecule has 5 heteroatoms. The van der Waals surface area contributed by atoms with E-state index in [0.29, 0.717) is 12.3 Å². The zero-order chi connectivity index (χ0) is 14.7. The van der Waals surface area contributed by atoms with Crippen molar-refractivity contribution in [2.24, 2.45) is 0 Å². The minimum Gasteiger partial charge on any atom is -0.487 e. The highest BCUT2D eigenvalue weighted by atomic mass is 16.5. The Morgan fingerprint density at radius 2 is 2.05 bits per heavy atom. The van der Waals surface area contributed by atoms with Crippen molar-refractivity contribution in [3.05, 3.63) is 40.7 Å². The van der Waals surface area contributed by atoms with Crippen molar-refractivity contribution in [1.82, 2.24) is 15.0 Å². The molecule has 5 nitrogen and oxygen atoms in total. The van der Waals surface area contributed by atoms with Crippen LogP contribution in [-0.4, -0.2) is 20.1 Å². The van der Waals surface area contributed by atoms with E-state index in [4.69, 9.17) is 4.74 Å². The van der Waals surface area contributed by atoms with Crippen molar-refractivity contribution in [2.75, 3.05) is 0 Å². The Morgan fingerprint density at radius 1 is 1.30 bits per heavy atom. The van der Waals surface area contributed by atoms with Gasteiger partial charge in [0, 0.05) is 6.04 Å². The average molecular weight is 275 g/mol. The number of ether oxygens (including phenoxy) is 1. The molecule has 1 N–H and O–H groups in total. The maximum Gasteiger partial charge on any atom is 0.132 e. The zero-order valence-electron chi connectivity index (χ0n) is 12.4. The fourth-order valence-corrected chi connectivity index (χ4v) is 2.04. The van der Waals surface area contributed by atoms with Crippen LogP contribution in [0.15, 0.2) is 18.2 Å². The van der Waals surface area contributed by atoms with Crippen LogP contribution in [0.1, 0.15) is 42.4 Å². The van der Waals surface area contributed by atoms with E-state index in [2.05, 4.69) is 16.4 Å². The second-order valence-corrected chi connectivity index (χ2v) is 5.24. The molecule has 2 aromatic rings. The predicted molar refractivity (Wildman–Crippen MR) is 76.6 cm³/mol.